The van der Waals surface area contributed by atoms with Gasteiger partial charge in [-0.05, 0) is 43.5 Å². The average Bonchev–Trinajstić information content (AvgIpc) is 2.99. The number of aryl methyl sites for hydroxylation is 4. The van der Waals surface area contributed by atoms with Crippen LogP contribution in [0.4, 0.5) is 5.82 Å². The van der Waals surface area contributed by atoms with Crippen LogP contribution in [0.3, 0.4) is 0 Å². The molecule has 0 amide bonds. The van der Waals surface area contributed by atoms with E-state index >= 15 is 0 Å². The van der Waals surface area contributed by atoms with Gasteiger partial charge in [-0.3, -0.25) is 9.67 Å². The van der Waals surface area contributed by atoms with E-state index in [1.807, 2.05) is 41.5 Å². The van der Waals surface area contributed by atoms with Gasteiger partial charge >= 0.3 is 0 Å². The van der Waals surface area contributed by atoms with Crippen LogP contribution in [0.1, 0.15) is 22.3 Å². The molecule has 1 N–H and O–H groups in total. The molecule has 3 rings (SSSR count). The molecule has 2 heterocycles. The predicted molar refractivity (Wildman–Crippen MR) is 93.4 cm³/mol. The van der Waals surface area contributed by atoms with Crippen LogP contribution in [-0.2, 0) is 19.5 Å². The first-order valence-corrected chi connectivity index (χ1v) is 7.92. The van der Waals surface area contributed by atoms with E-state index in [2.05, 4.69) is 47.4 Å². The minimum absolute atomic E-state index is 0.796. The van der Waals surface area contributed by atoms with E-state index in [9.17, 15) is 0 Å². The minimum atomic E-state index is 0.796. The number of anilines is 1. The fraction of sp³-hybridized carbons (Fsp3) is 0.263. The number of pyridine rings is 1. The number of aromatic nitrogens is 3. The Hall–Kier alpha value is -2.62. The highest BCUT2D eigenvalue weighted by Gasteiger charge is 2.01. The van der Waals surface area contributed by atoms with Crippen LogP contribution in [0.2, 0.25) is 0 Å². The Labute approximate surface area is 137 Å². The van der Waals surface area contributed by atoms with Gasteiger partial charge in [0.1, 0.15) is 5.82 Å². The standard InChI is InChI=1S/C19H22N4/c1-15-11-16(2)13-18(12-15)14-21-19-6-10-23(22-19)9-5-17-3-7-20-8-4-17/h3-4,6-8,10-13H,5,9,14H2,1-2H3,(H,21,22). The maximum Gasteiger partial charge on any atom is 0.148 e. The quantitative estimate of drug-likeness (QED) is 0.754. The van der Waals surface area contributed by atoms with Gasteiger partial charge in [0.2, 0.25) is 0 Å². The Morgan fingerprint density at radius 1 is 0.957 bits per heavy atom. The zero-order valence-electron chi connectivity index (χ0n) is 13.7. The lowest BCUT2D eigenvalue weighted by molar-refractivity contribution is 0.616. The minimum Gasteiger partial charge on any atom is -0.365 e. The monoisotopic (exact) mass is 306 g/mol. The summed E-state index contributed by atoms with van der Waals surface area (Å²) in [6, 6.07) is 12.7. The highest BCUT2D eigenvalue weighted by atomic mass is 15.3. The van der Waals surface area contributed by atoms with Crippen molar-refractivity contribution in [3.05, 3.63) is 77.2 Å². The lowest BCUT2D eigenvalue weighted by Crippen LogP contribution is -2.05. The summed E-state index contributed by atoms with van der Waals surface area (Å²) in [7, 11) is 0. The maximum absolute atomic E-state index is 4.58. The van der Waals surface area contributed by atoms with Gasteiger partial charge in [0, 0.05) is 37.7 Å². The van der Waals surface area contributed by atoms with Crippen molar-refractivity contribution in [2.75, 3.05) is 5.32 Å². The summed E-state index contributed by atoms with van der Waals surface area (Å²) in [6.45, 7) is 5.92. The van der Waals surface area contributed by atoms with E-state index in [4.69, 9.17) is 0 Å². The fourth-order valence-electron chi connectivity index (χ4n) is 2.74. The Bertz CT molecular complexity index is 742. The van der Waals surface area contributed by atoms with Crippen LogP contribution in [0.25, 0.3) is 0 Å². The van der Waals surface area contributed by atoms with Crippen molar-refractivity contribution in [3.8, 4) is 0 Å². The first-order chi connectivity index (χ1) is 11.2. The van der Waals surface area contributed by atoms with Gasteiger partial charge in [-0.15, -0.1) is 0 Å². The molecule has 1 aromatic carbocycles. The molecule has 4 nitrogen and oxygen atoms in total. The zero-order chi connectivity index (χ0) is 16.1. The average molecular weight is 306 g/mol. The molecule has 0 bridgehead atoms. The van der Waals surface area contributed by atoms with Crippen LogP contribution < -0.4 is 5.32 Å². The van der Waals surface area contributed by atoms with Gasteiger partial charge in [-0.1, -0.05) is 29.3 Å². The second-order valence-corrected chi connectivity index (χ2v) is 5.92. The molecule has 0 saturated carbocycles. The summed E-state index contributed by atoms with van der Waals surface area (Å²) in [4.78, 5) is 4.04. The highest BCUT2D eigenvalue weighted by molar-refractivity contribution is 5.36. The third kappa shape index (κ3) is 4.42. The van der Waals surface area contributed by atoms with Crippen LogP contribution in [0.15, 0.2) is 55.0 Å². The highest BCUT2D eigenvalue weighted by Crippen LogP contribution is 2.11. The van der Waals surface area contributed by atoms with E-state index in [0.717, 1.165) is 25.3 Å². The summed E-state index contributed by atoms with van der Waals surface area (Å²) in [5.41, 5.74) is 5.16. The Kier molecular flexibility index (Phi) is 4.71. The molecule has 2 aromatic heterocycles. The normalized spacial score (nSPS) is 10.7. The van der Waals surface area contributed by atoms with Crippen molar-refractivity contribution in [1.29, 1.82) is 0 Å². The van der Waals surface area contributed by atoms with Crippen LogP contribution in [-0.4, -0.2) is 14.8 Å². The largest absolute Gasteiger partial charge is 0.365 e. The van der Waals surface area contributed by atoms with E-state index in [-0.39, 0.29) is 0 Å². The van der Waals surface area contributed by atoms with Crippen LogP contribution in [0.5, 0.6) is 0 Å². The van der Waals surface area contributed by atoms with Crippen LogP contribution in [0, 0.1) is 13.8 Å². The number of benzene rings is 1. The number of nitrogens with zero attached hydrogens (tertiary/aromatic N) is 3. The predicted octanol–water partition coefficient (Wildman–Crippen LogP) is 3.75. The van der Waals surface area contributed by atoms with Gasteiger partial charge in [0.15, 0.2) is 0 Å². The SMILES string of the molecule is Cc1cc(C)cc(CNc2ccn(CCc3ccncc3)n2)c1. The third-order valence-electron chi connectivity index (χ3n) is 3.77. The van der Waals surface area contributed by atoms with Crippen molar-refractivity contribution in [2.24, 2.45) is 0 Å². The number of hydrogen-bond donors (Lipinski definition) is 1. The molecule has 0 fully saturated rings. The third-order valence-corrected chi connectivity index (χ3v) is 3.77. The Balaban J connectivity index is 1.55. The molecular weight excluding hydrogens is 284 g/mol. The lowest BCUT2D eigenvalue weighted by Gasteiger charge is -2.06. The molecule has 0 atom stereocenters. The van der Waals surface area contributed by atoms with Crippen molar-refractivity contribution in [2.45, 2.75) is 33.4 Å². The summed E-state index contributed by atoms with van der Waals surface area (Å²) in [5.74, 6) is 0.916. The van der Waals surface area contributed by atoms with Crippen molar-refractivity contribution < 1.29 is 0 Å². The topological polar surface area (TPSA) is 42.7 Å². The number of nitrogens with one attached hydrogen (secondary N) is 1. The van der Waals surface area contributed by atoms with Gasteiger partial charge in [0.25, 0.3) is 0 Å². The second-order valence-electron chi connectivity index (χ2n) is 5.92. The molecule has 0 saturated heterocycles. The molecule has 0 spiro atoms. The van der Waals surface area contributed by atoms with E-state index in [0.29, 0.717) is 0 Å². The van der Waals surface area contributed by atoms with Crippen molar-refractivity contribution in [3.63, 3.8) is 0 Å². The lowest BCUT2D eigenvalue weighted by atomic mass is 10.1. The first-order valence-electron chi connectivity index (χ1n) is 7.92. The molecule has 3 aromatic rings. The maximum atomic E-state index is 4.58. The number of rotatable bonds is 6. The fourth-order valence-corrected chi connectivity index (χ4v) is 2.74. The van der Waals surface area contributed by atoms with Crippen LogP contribution >= 0.6 is 0 Å². The van der Waals surface area contributed by atoms with E-state index < -0.39 is 0 Å². The number of hydrogen-bond acceptors (Lipinski definition) is 3. The molecular formula is C19H22N4. The summed E-state index contributed by atoms with van der Waals surface area (Å²) in [6.07, 6.45) is 6.64. The van der Waals surface area contributed by atoms with E-state index in [1.54, 1.807) is 0 Å². The molecule has 0 unspecified atom stereocenters. The Morgan fingerprint density at radius 3 is 2.43 bits per heavy atom. The summed E-state index contributed by atoms with van der Waals surface area (Å²) >= 11 is 0. The van der Waals surface area contributed by atoms with Gasteiger partial charge in [-0.25, -0.2) is 0 Å². The molecule has 23 heavy (non-hydrogen) atoms. The molecule has 4 heteroatoms. The summed E-state index contributed by atoms with van der Waals surface area (Å²) in [5, 5.41) is 7.97. The second kappa shape index (κ2) is 7.09. The van der Waals surface area contributed by atoms with Crippen molar-refractivity contribution in [1.82, 2.24) is 14.8 Å². The molecule has 0 aliphatic carbocycles. The summed E-state index contributed by atoms with van der Waals surface area (Å²) < 4.78 is 1.98. The molecule has 0 aliphatic heterocycles. The van der Waals surface area contributed by atoms with Gasteiger partial charge in [0.05, 0.1) is 0 Å². The molecule has 118 valence electrons. The smallest absolute Gasteiger partial charge is 0.148 e. The first kappa shape index (κ1) is 15.3. The Morgan fingerprint density at radius 2 is 1.70 bits per heavy atom. The molecule has 0 radical (unpaired) electrons. The van der Waals surface area contributed by atoms with Crippen molar-refractivity contribution >= 4 is 5.82 Å². The van der Waals surface area contributed by atoms with Gasteiger partial charge in [-0.2, -0.15) is 5.10 Å². The van der Waals surface area contributed by atoms with Gasteiger partial charge < -0.3 is 5.32 Å². The van der Waals surface area contributed by atoms with E-state index in [1.165, 1.54) is 22.3 Å². The molecule has 0 aliphatic rings. The zero-order valence-corrected chi connectivity index (χ0v) is 13.7.